The van der Waals surface area contributed by atoms with Gasteiger partial charge in [-0.1, -0.05) is 12.0 Å². The zero-order valence-electron chi connectivity index (χ0n) is 8.94. The van der Waals surface area contributed by atoms with Gasteiger partial charge in [0.15, 0.2) is 17.4 Å². The van der Waals surface area contributed by atoms with E-state index in [9.17, 15) is 8.78 Å². The summed E-state index contributed by atoms with van der Waals surface area (Å²) in [4.78, 5) is 2.59. The van der Waals surface area contributed by atoms with Crippen molar-refractivity contribution in [3.05, 3.63) is 39.8 Å². The molecule has 0 radical (unpaired) electrons. The number of hydrogen-bond donors (Lipinski definition) is 0. The molecule has 0 heterocycles. The highest BCUT2D eigenvalue weighted by molar-refractivity contribution is 5.33. The Balaban J connectivity index is 3.03. The smallest absolute Gasteiger partial charge is 0.190 e. The van der Waals surface area contributed by atoms with Gasteiger partial charge in [-0.3, -0.25) is 0 Å². The van der Waals surface area contributed by atoms with Gasteiger partial charge in [0, 0.05) is 11.5 Å². The topological polar surface area (TPSA) is 58.0 Å². The lowest BCUT2D eigenvalue weighted by Crippen LogP contribution is -2.01. The molecule has 0 saturated carbocycles. The molecule has 86 valence electrons. The van der Waals surface area contributed by atoms with E-state index in [0.717, 1.165) is 0 Å². The van der Waals surface area contributed by atoms with Gasteiger partial charge in [-0.2, -0.15) is 0 Å². The fourth-order valence-electron chi connectivity index (χ4n) is 1.32. The van der Waals surface area contributed by atoms with E-state index in [2.05, 4.69) is 14.8 Å². The summed E-state index contributed by atoms with van der Waals surface area (Å²) in [5.41, 5.74) is 8.58. The van der Waals surface area contributed by atoms with E-state index in [1.54, 1.807) is 6.92 Å². The second kappa shape index (κ2) is 5.32. The second-order valence-electron chi connectivity index (χ2n) is 3.33. The minimum Gasteiger partial charge on any atom is -0.491 e. The van der Waals surface area contributed by atoms with E-state index in [0.29, 0.717) is 5.56 Å². The molecule has 1 aromatic carbocycles. The third-order valence-corrected chi connectivity index (χ3v) is 2.21. The summed E-state index contributed by atoms with van der Waals surface area (Å²) in [6.45, 7) is 1.87. The van der Waals surface area contributed by atoms with E-state index >= 15 is 0 Å². The first kappa shape index (κ1) is 12.3. The molecule has 0 aromatic heterocycles. The van der Waals surface area contributed by atoms with Crippen molar-refractivity contribution >= 4 is 0 Å². The molecule has 0 aliphatic heterocycles. The van der Waals surface area contributed by atoms with Crippen LogP contribution in [0.4, 0.5) is 8.78 Å². The molecule has 1 atom stereocenters. The normalized spacial score (nSPS) is 11.8. The maximum absolute atomic E-state index is 13.3. The Morgan fingerprint density at radius 2 is 2.00 bits per heavy atom. The van der Waals surface area contributed by atoms with Gasteiger partial charge < -0.3 is 4.74 Å². The van der Waals surface area contributed by atoms with Gasteiger partial charge >= 0.3 is 0 Å². The fraction of sp³-hybridized carbons (Fsp3) is 0.400. The molecule has 6 heteroatoms. The Morgan fingerprint density at radius 1 is 1.44 bits per heavy atom. The average Bonchev–Trinajstić information content (AvgIpc) is 2.25. The summed E-state index contributed by atoms with van der Waals surface area (Å²) in [5, 5.41) is 3.35. The highest BCUT2D eigenvalue weighted by Crippen LogP contribution is 2.26. The Morgan fingerprint density at radius 3 is 2.44 bits per heavy atom. The van der Waals surface area contributed by atoms with E-state index in [4.69, 9.17) is 5.53 Å². The second-order valence-corrected chi connectivity index (χ2v) is 3.33. The number of methoxy groups -OCH3 is 1. The molecule has 0 amide bonds. The maximum Gasteiger partial charge on any atom is 0.190 e. The number of azide groups is 1. The lowest BCUT2D eigenvalue weighted by Gasteiger charge is -2.11. The Bertz CT molecular complexity index is 407. The molecule has 0 spiro atoms. The highest BCUT2D eigenvalue weighted by atomic mass is 19.1. The monoisotopic (exact) mass is 227 g/mol. The van der Waals surface area contributed by atoms with E-state index in [1.165, 1.54) is 19.2 Å². The first-order valence-corrected chi connectivity index (χ1v) is 4.64. The molecular weight excluding hydrogens is 216 g/mol. The van der Waals surface area contributed by atoms with Gasteiger partial charge in [-0.15, -0.1) is 0 Å². The molecule has 0 aliphatic rings. The van der Waals surface area contributed by atoms with Crippen molar-refractivity contribution in [3.63, 3.8) is 0 Å². The predicted molar refractivity (Wildman–Crippen MR) is 55.3 cm³/mol. The van der Waals surface area contributed by atoms with Gasteiger partial charge in [-0.05, 0) is 29.1 Å². The van der Waals surface area contributed by atoms with E-state index in [-0.39, 0.29) is 12.5 Å². The van der Waals surface area contributed by atoms with Crippen LogP contribution in [0.2, 0.25) is 0 Å². The zero-order chi connectivity index (χ0) is 12.1. The third-order valence-electron chi connectivity index (χ3n) is 2.21. The minimum absolute atomic E-state index is 0.154. The molecule has 0 saturated heterocycles. The van der Waals surface area contributed by atoms with Crippen molar-refractivity contribution in [1.29, 1.82) is 0 Å². The molecule has 0 aliphatic carbocycles. The molecule has 1 aromatic rings. The van der Waals surface area contributed by atoms with Crippen molar-refractivity contribution in [2.45, 2.75) is 12.8 Å². The maximum atomic E-state index is 13.3. The third kappa shape index (κ3) is 2.61. The minimum atomic E-state index is -0.759. The highest BCUT2D eigenvalue weighted by Gasteiger charge is 2.14. The standard InChI is InChI=1S/C10H11F2N3O/c1-6(5-14-15-13)7-3-8(11)10(16-2)9(12)4-7/h3-4,6H,5H2,1-2H3. The van der Waals surface area contributed by atoms with Crippen molar-refractivity contribution in [2.24, 2.45) is 5.11 Å². The molecule has 16 heavy (non-hydrogen) atoms. The fourth-order valence-corrected chi connectivity index (χ4v) is 1.32. The first-order chi connectivity index (χ1) is 7.60. The van der Waals surface area contributed by atoms with E-state index in [1.807, 2.05) is 0 Å². The van der Waals surface area contributed by atoms with Crippen LogP contribution < -0.4 is 4.74 Å². The van der Waals surface area contributed by atoms with Gasteiger partial charge in [0.1, 0.15) is 0 Å². The quantitative estimate of drug-likeness (QED) is 0.442. The zero-order valence-corrected chi connectivity index (χ0v) is 8.94. The Labute approximate surface area is 91.5 Å². The summed E-state index contributed by atoms with van der Waals surface area (Å²) in [5.74, 6) is -2.17. The lowest BCUT2D eigenvalue weighted by atomic mass is 10.0. The van der Waals surface area contributed by atoms with Crippen LogP contribution in [0.1, 0.15) is 18.4 Å². The SMILES string of the molecule is COc1c(F)cc(C(C)CN=[N+]=[N-])cc1F. The van der Waals surface area contributed by atoms with Crippen LogP contribution in [0.5, 0.6) is 5.75 Å². The summed E-state index contributed by atoms with van der Waals surface area (Å²) < 4.78 is 31.2. The van der Waals surface area contributed by atoms with Gasteiger partial charge in [-0.25, -0.2) is 8.78 Å². The van der Waals surface area contributed by atoms with Crippen LogP contribution in [0.3, 0.4) is 0 Å². The van der Waals surface area contributed by atoms with Gasteiger partial charge in [0.05, 0.1) is 7.11 Å². The van der Waals surface area contributed by atoms with Crippen LogP contribution in [0.15, 0.2) is 17.2 Å². The molecule has 0 bridgehead atoms. The molecule has 1 unspecified atom stereocenters. The summed E-state index contributed by atoms with van der Waals surface area (Å²) in [7, 11) is 1.20. The van der Waals surface area contributed by atoms with Crippen molar-refractivity contribution in [1.82, 2.24) is 0 Å². The van der Waals surface area contributed by atoms with Crippen LogP contribution >= 0.6 is 0 Å². The number of nitrogens with zero attached hydrogens (tertiary/aromatic N) is 3. The predicted octanol–water partition coefficient (Wildman–Crippen LogP) is 3.39. The van der Waals surface area contributed by atoms with Crippen molar-refractivity contribution in [3.8, 4) is 5.75 Å². The summed E-state index contributed by atoms with van der Waals surface area (Å²) >= 11 is 0. The largest absolute Gasteiger partial charge is 0.491 e. The number of hydrogen-bond acceptors (Lipinski definition) is 2. The van der Waals surface area contributed by atoms with Crippen LogP contribution in [-0.2, 0) is 0 Å². The molecular formula is C10H11F2N3O. The van der Waals surface area contributed by atoms with Crippen molar-refractivity contribution in [2.75, 3.05) is 13.7 Å². The van der Waals surface area contributed by atoms with Crippen LogP contribution in [-0.4, -0.2) is 13.7 Å². The van der Waals surface area contributed by atoms with Crippen LogP contribution in [0, 0.1) is 11.6 Å². The Kier molecular flexibility index (Phi) is 4.08. The van der Waals surface area contributed by atoms with Crippen LogP contribution in [0.25, 0.3) is 10.4 Å². The first-order valence-electron chi connectivity index (χ1n) is 4.64. The summed E-state index contributed by atoms with van der Waals surface area (Å²) in [6, 6.07) is 2.36. The lowest BCUT2D eigenvalue weighted by molar-refractivity contribution is 0.359. The molecule has 1 rings (SSSR count). The number of rotatable bonds is 4. The van der Waals surface area contributed by atoms with Crippen molar-refractivity contribution < 1.29 is 13.5 Å². The summed E-state index contributed by atoms with van der Waals surface area (Å²) in [6.07, 6.45) is 0. The van der Waals surface area contributed by atoms with Gasteiger partial charge in [0.25, 0.3) is 0 Å². The molecule has 0 fully saturated rings. The number of ether oxygens (including phenoxy) is 1. The van der Waals surface area contributed by atoms with Gasteiger partial charge in [0.2, 0.25) is 0 Å². The Hall–Kier alpha value is -1.81. The average molecular weight is 227 g/mol. The molecule has 0 N–H and O–H groups in total. The molecule has 4 nitrogen and oxygen atoms in total. The van der Waals surface area contributed by atoms with E-state index < -0.39 is 17.4 Å². The number of halogens is 2. The number of benzene rings is 1.